The summed E-state index contributed by atoms with van der Waals surface area (Å²) in [5.41, 5.74) is 0. The number of carbonyl (C=O) groups excluding carboxylic acids is 2. The molecule has 2 atom stereocenters. The Morgan fingerprint density at radius 1 is 0.394 bits per heavy atom. The summed E-state index contributed by atoms with van der Waals surface area (Å²) in [5, 5.41) is 23.0. The number of nitrogens with one attached hydrogen (secondary N) is 1. The fraction of sp³-hybridized carbons (Fsp3) is 0.846. The normalized spacial score (nSPS) is 12.9. The molecule has 0 heterocycles. The van der Waals surface area contributed by atoms with Crippen molar-refractivity contribution in [2.24, 2.45) is 0 Å². The maximum atomic E-state index is 12.4. The van der Waals surface area contributed by atoms with E-state index in [4.69, 9.17) is 4.74 Å². The molecule has 0 saturated carbocycles. The number of hydrogen-bond acceptors (Lipinski definition) is 5. The first-order chi connectivity index (χ1) is 35.0. The van der Waals surface area contributed by atoms with Crippen LogP contribution >= 0.6 is 0 Å². The molecule has 0 radical (unpaired) electrons. The fourth-order valence-corrected chi connectivity index (χ4v) is 9.48. The molecule has 2 unspecified atom stereocenters. The van der Waals surface area contributed by atoms with Gasteiger partial charge in [-0.25, -0.2) is 0 Å². The van der Waals surface area contributed by atoms with Gasteiger partial charge in [0.2, 0.25) is 5.91 Å². The third-order valence-corrected chi connectivity index (χ3v) is 14.3. The Kier molecular flexibility index (Phi) is 58.5. The Labute approximate surface area is 442 Å². The summed E-state index contributed by atoms with van der Waals surface area (Å²) in [6, 6.07) is -0.631. The smallest absolute Gasteiger partial charge is 0.305 e. The number of aliphatic hydroxyl groups is 2. The van der Waals surface area contributed by atoms with Gasteiger partial charge in [0.05, 0.1) is 25.4 Å². The van der Waals surface area contributed by atoms with E-state index in [0.29, 0.717) is 19.4 Å². The monoisotopic (exact) mass is 996 g/mol. The van der Waals surface area contributed by atoms with Crippen LogP contribution in [0.2, 0.25) is 0 Å². The summed E-state index contributed by atoms with van der Waals surface area (Å²) in [6.07, 6.45) is 77.3. The maximum Gasteiger partial charge on any atom is 0.305 e. The van der Waals surface area contributed by atoms with E-state index < -0.39 is 12.1 Å². The molecule has 1 amide bonds. The Morgan fingerprint density at radius 2 is 0.704 bits per heavy atom. The van der Waals surface area contributed by atoms with E-state index in [9.17, 15) is 19.8 Å². The number of carbonyl (C=O) groups is 2. The number of unbranched alkanes of at least 4 members (excludes halogenated alkanes) is 41. The van der Waals surface area contributed by atoms with Crippen LogP contribution in [0, 0.1) is 0 Å². The predicted molar refractivity (Wildman–Crippen MR) is 310 cm³/mol. The van der Waals surface area contributed by atoms with Gasteiger partial charge in [0.1, 0.15) is 0 Å². The van der Waals surface area contributed by atoms with E-state index >= 15 is 0 Å². The molecule has 0 aliphatic rings. The third kappa shape index (κ3) is 57.0. The molecule has 6 nitrogen and oxygen atoms in total. The van der Waals surface area contributed by atoms with Crippen LogP contribution in [0.1, 0.15) is 328 Å². The second-order valence-electron chi connectivity index (χ2n) is 21.4. The van der Waals surface area contributed by atoms with Crippen LogP contribution in [-0.2, 0) is 14.3 Å². The van der Waals surface area contributed by atoms with Gasteiger partial charge >= 0.3 is 5.97 Å². The highest BCUT2D eigenvalue weighted by Crippen LogP contribution is 2.16. The lowest BCUT2D eigenvalue weighted by atomic mass is 10.0. The minimum Gasteiger partial charge on any atom is -0.466 e. The van der Waals surface area contributed by atoms with Crippen molar-refractivity contribution in [2.75, 3.05) is 13.2 Å². The summed E-state index contributed by atoms with van der Waals surface area (Å²) in [4.78, 5) is 24.5. The van der Waals surface area contributed by atoms with E-state index in [0.717, 1.165) is 51.4 Å². The number of esters is 1. The molecule has 0 bridgehead atoms. The molecule has 0 fully saturated rings. The Balaban J connectivity index is 3.41. The number of allylic oxidation sites excluding steroid dienone is 7. The molecule has 0 aromatic carbocycles. The molecule has 6 heteroatoms. The molecule has 0 aromatic heterocycles. The van der Waals surface area contributed by atoms with Crippen molar-refractivity contribution >= 4 is 11.9 Å². The molecular formula is C65H121NO5. The van der Waals surface area contributed by atoms with Crippen molar-refractivity contribution in [3.63, 3.8) is 0 Å². The zero-order chi connectivity index (χ0) is 51.4. The number of hydrogen-bond donors (Lipinski definition) is 3. The molecule has 0 aliphatic carbocycles. The lowest BCUT2D eigenvalue weighted by Crippen LogP contribution is -2.45. The Morgan fingerprint density at radius 3 is 1.08 bits per heavy atom. The molecule has 3 N–H and O–H groups in total. The summed E-state index contributed by atoms with van der Waals surface area (Å²) in [5.74, 6) is -0.0685. The molecular weight excluding hydrogens is 875 g/mol. The molecule has 0 saturated heterocycles. The lowest BCUT2D eigenvalue weighted by molar-refractivity contribution is -0.143. The van der Waals surface area contributed by atoms with E-state index in [2.05, 4.69) is 55.6 Å². The SMILES string of the molecule is CCCCCCCC/C=C\CCCCCCCCCCCC(=O)OCCCCCCCCCCC/C=C\C/C=C\CCCCCCCCCCCC(=O)NC(CO)C(O)/C=C/CCCCCCCCCC. The highest BCUT2D eigenvalue weighted by Gasteiger charge is 2.18. The predicted octanol–water partition coefficient (Wildman–Crippen LogP) is 19.7. The zero-order valence-corrected chi connectivity index (χ0v) is 47.5. The number of rotatable bonds is 58. The summed E-state index contributed by atoms with van der Waals surface area (Å²) >= 11 is 0. The molecule has 0 spiro atoms. The molecule has 0 aromatic rings. The van der Waals surface area contributed by atoms with Crippen molar-refractivity contribution in [3.05, 3.63) is 48.6 Å². The minimum absolute atomic E-state index is 0.00776. The van der Waals surface area contributed by atoms with Crippen molar-refractivity contribution in [2.45, 2.75) is 341 Å². The first-order valence-corrected chi connectivity index (χ1v) is 31.4. The lowest BCUT2D eigenvalue weighted by Gasteiger charge is -2.20. The van der Waals surface area contributed by atoms with Gasteiger partial charge in [0.15, 0.2) is 0 Å². The standard InChI is InChI=1S/C65H121NO5/c1-3-5-7-9-11-13-15-16-17-18-26-30-33-36-39-43-47-51-55-59-65(70)71-60-56-52-48-44-40-37-34-31-28-25-23-21-19-20-22-24-27-29-32-35-38-42-46-50-54-58-64(69)66-62(61-67)63(68)57-53-49-45-41-14-12-10-8-6-4-2/h16-17,20-23,53,57,62-63,67-68H,3-15,18-19,24-52,54-56,58-61H2,1-2H3,(H,66,69)/b17-16-,22-20-,23-21-,57-53+. The zero-order valence-electron chi connectivity index (χ0n) is 47.5. The second kappa shape index (κ2) is 60.4. The summed E-state index contributed by atoms with van der Waals surface area (Å²) in [7, 11) is 0. The van der Waals surface area contributed by atoms with Crippen LogP contribution in [0.5, 0.6) is 0 Å². The van der Waals surface area contributed by atoms with Crippen LogP contribution in [0.3, 0.4) is 0 Å². The number of aliphatic hydroxyl groups excluding tert-OH is 2. The van der Waals surface area contributed by atoms with E-state index in [1.807, 2.05) is 6.08 Å². The maximum absolute atomic E-state index is 12.4. The van der Waals surface area contributed by atoms with Crippen molar-refractivity contribution in [1.29, 1.82) is 0 Å². The van der Waals surface area contributed by atoms with Crippen molar-refractivity contribution in [1.82, 2.24) is 5.32 Å². The van der Waals surface area contributed by atoms with Crippen LogP contribution < -0.4 is 5.32 Å². The quantitative estimate of drug-likeness (QED) is 0.0321. The first kappa shape index (κ1) is 68.8. The van der Waals surface area contributed by atoms with Gasteiger partial charge in [0, 0.05) is 12.8 Å². The average Bonchev–Trinajstić information content (AvgIpc) is 3.37. The van der Waals surface area contributed by atoms with Crippen molar-refractivity contribution in [3.8, 4) is 0 Å². The largest absolute Gasteiger partial charge is 0.466 e. The van der Waals surface area contributed by atoms with Crippen molar-refractivity contribution < 1.29 is 24.5 Å². The van der Waals surface area contributed by atoms with E-state index in [1.165, 1.54) is 250 Å². The third-order valence-electron chi connectivity index (χ3n) is 14.3. The van der Waals surface area contributed by atoms with Crippen LogP contribution in [0.4, 0.5) is 0 Å². The molecule has 71 heavy (non-hydrogen) atoms. The van der Waals surface area contributed by atoms with Crippen LogP contribution in [0.25, 0.3) is 0 Å². The number of ether oxygens (including phenoxy) is 1. The fourth-order valence-electron chi connectivity index (χ4n) is 9.48. The van der Waals surface area contributed by atoms with Crippen LogP contribution in [-0.4, -0.2) is 47.4 Å². The summed E-state index contributed by atoms with van der Waals surface area (Å²) in [6.45, 7) is 4.88. The van der Waals surface area contributed by atoms with Gasteiger partial charge in [-0.1, -0.05) is 274 Å². The highest BCUT2D eigenvalue weighted by molar-refractivity contribution is 5.76. The number of amides is 1. The van der Waals surface area contributed by atoms with Gasteiger partial charge in [-0.3, -0.25) is 9.59 Å². The van der Waals surface area contributed by atoms with Gasteiger partial charge in [-0.05, 0) is 89.9 Å². The van der Waals surface area contributed by atoms with Gasteiger partial charge in [-0.2, -0.15) is 0 Å². The molecule has 416 valence electrons. The topological polar surface area (TPSA) is 95.9 Å². The highest BCUT2D eigenvalue weighted by atomic mass is 16.5. The van der Waals surface area contributed by atoms with Gasteiger partial charge in [-0.15, -0.1) is 0 Å². The van der Waals surface area contributed by atoms with E-state index in [-0.39, 0.29) is 18.5 Å². The Hall–Kier alpha value is -2.18. The van der Waals surface area contributed by atoms with Gasteiger partial charge < -0.3 is 20.3 Å². The average molecular weight is 997 g/mol. The second-order valence-corrected chi connectivity index (χ2v) is 21.4. The Bertz CT molecular complexity index is 1190. The molecule has 0 aliphatic heterocycles. The van der Waals surface area contributed by atoms with Gasteiger partial charge in [0.25, 0.3) is 0 Å². The van der Waals surface area contributed by atoms with E-state index in [1.54, 1.807) is 6.08 Å². The minimum atomic E-state index is -0.847. The summed E-state index contributed by atoms with van der Waals surface area (Å²) < 4.78 is 5.50. The first-order valence-electron chi connectivity index (χ1n) is 31.4. The van der Waals surface area contributed by atoms with Crippen LogP contribution in [0.15, 0.2) is 48.6 Å². The molecule has 0 rings (SSSR count).